The fourth-order valence-electron chi connectivity index (χ4n) is 2.67. The minimum absolute atomic E-state index is 0.213. The molecule has 1 heterocycles. The van der Waals surface area contributed by atoms with Gasteiger partial charge in [0.2, 0.25) is 5.76 Å². The lowest BCUT2D eigenvalue weighted by Gasteiger charge is -2.25. The molecule has 0 radical (unpaired) electrons. The molecule has 1 aromatic carbocycles. The average molecular weight is 463 g/mol. The first kappa shape index (κ1) is 19.3. The molecule has 0 saturated carbocycles. The van der Waals surface area contributed by atoms with Gasteiger partial charge in [0.05, 0.1) is 11.6 Å². The van der Waals surface area contributed by atoms with Crippen molar-refractivity contribution in [3.63, 3.8) is 0 Å². The van der Waals surface area contributed by atoms with Crippen molar-refractivity contribution < 1.29 is 18.7 Å². The number of benzene rings is 1. The number of aryl methyl sites for hydroxylation is 1. The normalized spacial score (nSPS) is 12.7. The van der Waals surface area contributed by atoms with Crippen LogP contribution in [0, 0.1) is 6.92 Å². The number of fused-ring (bicyclic) bond motifs is 1. The molecule has 0 fully saturated rings. The van der Waals surface area contributed by atoms with Gasteiger partial charge < -0.3 is 13.9 Å². The predicted molar refractivity (Wildman–Crippen MR) is 101 cm³/mol. The summed E-state index contributed by atoms with van der Waals surface area (Å²) < 4.78 is 18.1. The largest absolute Gasteiger partial charge is 0.494 e. The summed E-state index contributed by atoms with van der Waals surface area (Å²) in [6, 6.07) is 1.88. The predicted octanol–water partition coefficient (Wildman–Crippen LogP) is 5.12. The van der Waals surface area contributed by atoms with Crippen molar-refractivity contribution in [2.24, 2.45) is 0 Å². The molecule has 0 N–H and O–H groups in total. The first-order valence-corrected chi connectivity index (χ1v) is 9.34. The Morgan fingerprint density at radius 3 is 2.50 bits per heavy atom. The van der Waals surface area contributed by atoms with Crippen molar-refractivity contribution in [1.82, 2.24) is 4.90 Å². The van der Waals surface area contributed by atoms with E-state index in [2.05, 4.69) is 31.9 Å². The van der Waals surface area contributed by atoms with Crippen LogP contribution in [0.1, 0.15) is 36.9 Å². The molecule has 0 aliphatic heterocycles. The number of hydrogen-bond acceptors (Lipinski definition) is 5. The Bertz CT molecular complexity index is 753. The van der Waals surface area contributed by atoms with Gasteiger partial charge in [-0.05, 0) is 64.9 Å². The molecule has 5 nitrogen and oxygen atoms in total. The Morgan fingerprint density at radius 1 is 1.33 bits per heavy atom. The van der Waals surface area contributed by atoms with Gasteiger partial charge in [-0.1, -0.05) is 13.8 Å². The highest BCUT2D eigenvalue weighted by Crippen LogP contribution is 2.42. The first-order valence-electron chi connectivity index (χ1n) is 7.75. The van der Waals surface area contributed by atoms with Gasteiger partial charge in [-0.15, -0.1) is 0 Å². The summed E-state index contributed by atoms with van der Waals surface area (Å²) in [5, 5.41) is 0.831. The third-order valence-corrected chi connectivity index (χ3v) is 5.38. The van der Waals surface area contributed by atoms with Crippen LogP contribution in [0.2, 0.25) is 0 Å². The van der Waals surface area contributed by atoms with Crippen molar-refractivity contribution in [3.8, 4) is 5.75 Å². The summed E-state index contributed by atoms with van der Waals surface area (Å²) in [5.74, 6) is 0.364. The summed E-state index contributed by atoms with van der Waals surface area (Å²) in [5.41, 5.74) is 1.31. The lowest BCUT2D eigenvalue weighted by atomic mass is 10.1. The van der Waals surface area contributed by atoms with Gasteiger partial charge in [-0.25, -0.2) is 4.79 Å². The molecule has 0 saturated heterocycles. The number of hydrogen-bond donors (Lipinski definition) is 0. The summed E-state index contributed by atoms with van der Waals surface area (Å²) in [6.07, 6.45) is -0.315. The molecule has 1 atom stereocenters. The maximum atomic E-state index is 12.5. The summed E-state index contributed by atoms with van der Waals surface area (Å²) in [6.45, 7) is 9.37. The number of halogens is 2. The lowest BCUT2D eigenvalue weighted by Crippen LogP contribution is -2.36. The Labute approximate surface area is 158 Å². The van der Waals surface area contributed by atoms with Crippen molar-refractivity contribution in [2.75, 3.05) is 20.2 Å². The lowest BCUT2D eigenvalue weighted by molar-refractivity contribution is -0.0221. The third-order valence-electron chi connectivity index (χ3n) is 4.07. The molecule has 2 aromatic rings. The van der Waals surface area contributed by atoms with Crippen LogP contribution in [0.4, 0.5) is 0 Å². The van der Waals surface area contributed by atoms with Crippen molar-refractivity contribution in [3.05, 3.63) is 26.3 Å². The van der Waals surface area contributed by atoms with Crippen molar-refractivity contribution in [2.45, 2.75) is 33.9 Å². The van der Waals surface area contributed by atoms with Gasteiger partial charge in [0.1, 0.15) is 4.47 Å². The van der Waals surface area contributed by atoms with Crippen LogP contribution in [-0.2, 0) is 4.74 Å². The summed E-state index contributed by atoms with van der Waals surface area (Å²) in [7, 11) is 1.58. The molecule has 0 spiro atoms. The van der Waals surface area contributed by atoms with Crippen LogP contribution in [0.3, 0.4) is 0 Å². The zero-order valence-corrected chi connectivity index (χ0v) is 17.6. The number of furan rings is 1. The molecular weight excluding hydrogens is 442 g/mol. The number of carbonyl (C=O) groups excluding carboxylic acids is 1. The van der Waals surface area contributed by atoms with E-state index in [9.17, 15) is 4.79 Å². The van der Waals surface area contributed by atoms with Crippen LogP contribution in [0.25, 0.3) is 11.0 Å². The third kappa shape index (κ3) is 3.48. The molecule has 2 rings (SSSR count). The number of ether oxygens (including phenoxy) is 2. The number of methoxy groups -OCH3 is 1. The van der Waals surface area contributed by atoms with E-state index in [-0.39, 0.29) is 12.0 Å². The van der Waals surface area contributed by atoms with Gasteiger partial charge in [0, 0.05) is 10.9 Å². The highest BCUT2D eigenvalue weighted by atomic mass is 79.9. The highest BCUT2D eigenvalue weighted by molar-refractivity contribution is 9.11. The molecule has 0 aliphatic rings. The van der Waals surface area contributed by atoms with E-state index in [1.54, 1.807) is 7.11 Å². The quantitative estimate of drug-likeness (QED) is 0.440. The molecule has 7 heteroatoms. The molecule has 24 heavy (non-hydrogen) atoms. The van der Waals surface area contributed by atoms with E-state index < -0.39 is 5.97 Å². The van der Waals surface area contributed by atoms with E-state index in [0.29, 0.717) is 15.8 Å². The molecule has 132 valence electrons. The van der Waals surface area contributed by atoms with Crippen LogP contribution < -0.4 is 4.74 Å². The number of nitrogens with zero attached hydrogens (tertiary/aromatic N) is 1. The second-order valence-electron chi connectivity index (χ2n) is 5.36. The Hall–Kier alpha value is -1.05. The van der Waals surface area contributed by atoms with E-state index in [1.807, 2.05) is 38.7 Å². The Balaban J connectivity index is 2.41. The smallest absolute Gasteiger partial charge is 0.376 e. The van der Waals surface area contributed by atoms with Crippen LogP contribution in [-0.4, -0.2) is 37.3 Å². The van der Waals surface area contributed by atoms with Gasteiger partial charge >= 0.3 is 5.97 Å². The molecule has 0 aliphatic carbocycles. The van der Waals surface area contributed by atoms with E-state index in [0.717, 1.165) is 28.5 Å². The second kappa shape index (κ2) is 7.89. The first-order chi connectivity index (χ1) is 11.3. The standard InChI is InChI=1S/C17H21Br2NO4/c1-6-20(7-2)10(4)23-17(21)14-9(3)11-8-12(18)16(22-5)13(19)15(11)24-14/h8,10H,6-7H2,1-5H3. The van der Waals surface area contributed by atoms with E-state index in [1.165, 1.54) is 0 Å². The minimum Gasteiger partial charge on any atom is -0.494 e. The van der Waals surface area contributed by atoms with Gasteiger partial charge in [0.25, 0.3) is 0 Å². The topological polar surface area (TPSA) is 51.9 Å². The molecular formula is C17H21Br2NO4. The minimum atomic E-state index is -0.468. The van der Waals surface area contributed by atoms with Gasteiger partial charge in [-0.2, -0.15) is 0 Å². The second-order valence-corrected chi connectivity index (χ2v) is 7.01. The summed E-state index contributed by atoms with van der Waals surface area (Å²) >= 11 is 6.94. The number of carbonyl (C=O) groups is 1. The zero-order chi connectivity index (χ0) is 18.0. The van der Waals surface area contributed by atoms with Crippen molar-refractivity contribution >= 4 is 48.8 Å². The molecule has 0 amide bonds. The number of esters is 1. The molecule has 0 bridgehead atoms. The Morgan fingerprint density at radius 2 is 1.96 bits per heavy atom. The molecule has 1 unspecified atom stereocenters. The van der Waals surface area contributed by atoms with E-state index in [4.69, 9.17) is 13.9 Å². The SMILES string of the molecule is CCN(CC)C(C)OC(=O)c1oc2c(Br)c(OC)c(Br)cc2c1C. The number of rotatable bonds is 6. The van der Waals surface area contributed by atoms with Crippen LogP contribution in [0.5, 0.6) is 5.75 Å². The zero-order valence-electron chi connectivity index (χ0n) is 14.4. The highest BCUT2D eigenvalue weighted by Gasteiger charge is 2.25. The van der Waals surface area contributed by atoms with Crippen molar-refractivity contribution in [1.29, 1.82) is 0 Å². The maximum Gasteiger partial charge on any atom is 0.376 e. The van der Waals surface area contributed by atoms with Gasteiger partial charge in [-0.3, -0.25) is 4.90 Å². The monoisotopic (exact) mass is 461 g/mol. The van der Waals surface area contributed by atoms with Gasteiger partial charge in [0.15, 0.2) is 17.6 Å². The Kier molecular flexibility index (Phi) is 6.33. The maximum absolute atomic E-state index is 12.5. The van der Waals surface area contributed by atoms with E-state index >= 15 is 0 Å². The van der Waals surface area contributed by atoms with Crippen LogP contribution in [0.15, 0.2) is 19.4 Å². The van der Waals surface area contributed by atoms with Crippen LogP contribution >= 0.6 is 31.9 Å². The fourth-order valence-corrected chi connectivity index (χ4v) is 4.19. The average Bonchev–Trinajstić information content (AvgIpc) is 2.86. The molecule has 1 aromatic heterocycles. The summed E-state index contributed by atoms with van der Waals surface area (Å²) in [4.78, 5) is 14.6. The fraction of sp³-hybridized carbons (Fsp3) is 0.471.